The largest absolute Gasteiger partial charge is 0.374 e. The van der Waals surface area contributed by atoms with E-state index in [9.17, 15) is 9.59 Å². The highest BCUT2D eigenvalue weighted by Gasteiger charge is 2.45. The summed E-state index contributed by atoms with van der Waals surface area (Å²) in [5.41, 5.74) is 5.89. The Morgan fingerprint density at radius 1 is 1.57 bits per heavy atom. The number of carbonyl (C=O) groups excluding carboxylic acids is 1. The van der Waals surface area contributed by atoms with E-state index in [1.807, 2.05) is 0 Å². The molecule has 2 heterocycles. The zero-order chi connectivity index (χ0) is 16.4. The Morgan fingerprint density at radius 2 is 2.35 bits per heavy atom. The van der Waals surface area contributed by atoms with Crippen LogP contribution < -0.4 is 21.5 Å². The monoisotopic (exact) mass is 321 g/mol. The second kappa shape index (κ2) is 6.29. The van der Waals surface area contributed by atoms with Crippen LogP contribution in [-0.4, -0.2) is 53.6 Å². The van der Waals surface area contributed by atoms with Gasteiger partial charge in [-0.2, -0.15) is 5.10 Å². The maximum absolute atomic E-state index is 11.8. The smallest absolute Gasteiger partial charge is 0.268 e. The fraction of sp³-hybridized carbons (Fsp3) is 0.667. The van der Waals surface area contributed by atoms with E-state index in [1.165, 1.54) is 4.68 Å². The molecule has 3 N–H and O–H groups in total. The van der Waals surface area contributed by atoms with E-state index in [4.69, 9.17) is 10.5 Å². The van der Waals surface area contributed by atoms with E-state index in [0.29, 0.717) is 19.7 Å². The van der Waals surface area contributed by atoms with E-state index in [2.05, 4.69) is 15.3 Å². The van der Waals surface area contributed by atoms with Crippen molar-refractivity contribution < 1.29 is 9.53 Å². The van der Waals surface area contributed by atoms with Crippen LogP contribution in [0.15, 0.2) is 17.1 Å². The lowest BCUT2D eigenvalue weighted by atomic mass is 10.2. The number of anilines is 1. The first kappa shape index (κ1) is 15.9. The summed E-state index contributed by atoms with van der Waals surface area (Å²) in [5.74, 6) is -0.0686. The molecule has 0 radical (unpaired) electrons. The third-order valence-corrected chi connectivity index (χ3v) is 4.45. The first-order valence-corrected chi connectivity index (χ1v) is 7.95. The number of hydrogen-bond donors (Lipinski definition) is 2. The summed E-state index contributed by atoms with van der Waals surface area (Å²) in [6.45, 7) is 2.54. The number of nitrogens with zero attached hydrogens (tertiary/aromatic N) is 3. The van der Waals surface area contributed by atoms with Gasteiger partial charge in [0.1, 0.15) is 0 Å². The molecule has 3 rings (SSSR count). The number of nitrogens with two attached hydrogens (primary N) is 1. The Hall–Kier alpha value is -1.93. The average molecular weight is 321 g/mol. The minimum atomic E-state index is -0.630. The van der Waals surface area contributed by atoms with E-state index in [1.54, 1.807) is 19.3 Å². The molecule has 1 aromatic heterocycles. The number of aryl methyl sites for hydroxylation is 1. The van der Waals surface area contributed by atoms with Gasteiger partial charge in [-0.1, -0.05) is 0 Å². The molecular weight excluding hydrogens is 298 g/mol. The summed E-state index contributed by atoms with van der Waals surface area (Å²) >= 11 is 0. The Bertz CT molecular complexity index is 640. The standard InChI is InChI=1S/C15H23N5O3/c1-19-13(21)8-11(9-18-19)20-6-7-23-12(10-20)2-5-17-14(22)15(16)3-4-15/h8-9,12H,2-7,10,16H2,1H3,(H,17,22)/t12-/m0/s1. The van der Waals surface area contributed by atoms with E-state index < -0.39 is 5.54 Å². The van der Waals surface area contributed by atoms with Gasteiger partial charge >= 0.3 is 0 Å². The zero-order valence-electron chi connectivity index (χ0n) is 13.3. The molecule has 1 saturated heterocycles. The van der Waals surface area contributed by atoms with Crippen molar-refractivity contribution in [3.8, 4) is 0 Å². The molecule has 1 amide bonds. The number of rotatable bonds is 5. The van der Waals surface area contributed by atoms with Gasteiger partial charge in [-0.05, 0) is 19.3 Å². The van der Waals surface area contributed by atoms with Crippen LogP contribution in [0.5, 0.6) is 0 Å². The zero-order valence-corrected chi connectivity index (χ0v) is 13.3. The normalized spacial score (nSPS) is 22.7. The van der Waals surface area contributed by atoms with Crippen LogP contribution in [0.25, 0.3) is 0 Å². The maximum atomic E-state index is 11.8. The highest BCUT2D eigenvalue weighted by atomic mass is 16.5. The predicted octanol–water partition coefficient (Wildman–Crippen LogP) is -1.02. The van der Waals surface area contributed by atoms with Crippen LogP contribution in [0.1, 0.15) is 19.3 Å². The van der Waals surface area contributed by atoms with Gasteiger partial charge in [0.2, 0.25) is 5.91 Å². The number of ether oxygens (including phenoxy) is 1. The van der Waals surface area contributed by atoms with Gasteiger partial charge in [0.25, 0.3) is 5.56 Å². The van der Waals surface area contributed by atoms with Crippen molar-refractivity contribution in [2.75, 3.05) is 31.1 Å². The highest BCUT2D eigenvalue weighted by molar-refractivity contribution is 5.88. The quantitative estimate of drug-likeness (QED) is 0.720. The molecule has 1 atom stereocenters. The third-order valence-electron chi connectivity index (χ3n) is 4.45. The van der Waals surface area contributed by atoms with Crippen molar-refractivity contribution in [1.82, 2.24) is 15.1 Å². The van der Waals surface area contributed by atoms with Crippen LogP contribution in [0.2, 0.25) is 0 Å². The molecule has 0 bridgehead atoms. The van der Waals surface area contributed by atoms with Gasteiger partial charge in [-0.15, -0.1) is 0 Å². The first-order chi connectivity index (χ1) is 11.0. The third kappa shape index (κ3) is 3.70. The Kier molecular flexibility index (Phi) is 4.36. The predicted molar refractivity (Wildman–Crippen MR) is 85.2 cm³/mol. The van der Waals surface area contributed by atoms with Crippen LogP contribution in [0.3, 0.4) is 0 Å². The van der Waals surface area contributed by atoms with Crippen molar-refractivity contribution in [3.63, 3.8) is 0 Å². The minimum Gasteiger partial charge on any atom is -0.374 e. The van der Waals surface area contributed by atoms with Crippen LogP contribution in [0, 0.1) is 0 Å². The Labute approximate surface area is 134 Å². The fourth-order valence-corrected chi connectivity index (χ4v) is 2.65. The molecule has 126 valence electrons. The SMILES string of the molecule is Cn1ncc(N2CCO[C@@H](CCNC(=O)C3(N)CC3)C2)cc1=O. The number of carbonyl (C=O) groups is 1. The topological polar surface area (TPSA) is 102 Å². The number of amides is 1. The van der Waals surface area contributed by atoms with E-state index >= 15 is 0 Å². The second-order valence-corrected chi connectivity index (χ2v) is 6.32. The van der Waals surface area contributed by atoms with Crippen molar-refractivity contribution in [1.29, 1.82) is 0 Å². The first-order valence-electron chi connectivity index (χ1n) is 7.95. The van der Waals surface area contributed by atoms with Crippen LogP contribution in [-0.2, 0) is 16.6 Å². The summed E-state index contributed by atoms with van der Waals surface area (Å²) in [4.78, 5) is 25.6. The van der Waals surface area contributed by atoms with Crippen molar-refractivity contribution in [3.05, 3.63) is 22.6 Å². The number of aromatic nitrogens is 2. The van der Waals surface area contributed by atoms with Crippen LogP contribution >= 0.6 is 0 Å². The second-order valence-electron chi connectivity index (χ2n) is 6.32. The van der Waals surface area contributed by atoms with Crippen molar-refractivity contribution in [2.24, 2.45) is 12.8 Å². The molecule has 1 aromatic rings. The summed E-state index contributed by atoms with van der Waals surface area (Å²) in [6, 6.07) is 1.59. The molecule has 0 unspecified atom stereocenters. The highest BCUT2D eigenvalue weighted by Crippen LogP contribution is 2.32. The Morgan fingerprint density at radius 3 is 3.04 bits per heavy atom. The fourth-order valence-electron chi connectivity index (χ4n) is 2.65. The number of morpholine rings is 1. The van der Waals surface area contributed by atoms with Gasteiger partial charge in [0, 0.05) is 32.7 Å². The van der Waals surface area contributed by atoms with Crippen molar-refractivity contribution >= 4 is 11.6 Å². The lowest BCUT2D eigenvalue weighted by Crippen LogP contribution is -2.46. The molecule has 0 spiro atoms. The molecule has 23 heavy (non-hydrogen) atoms. The summed E-state index contributed by atoms with van der Waals surface area (Å²) in [5, 5.41) is 6.92. The number of nitrogens with one attached hydrogen (secondary N) is 1. The van der Waals surface area contributed by atoms with Gasteiger partial charge in [-0.3, -0.25) is 9.59 Å². The Balaban J connectivity index is 1.50. The summed E-state index contributed by atoms with van der Waals surface area (Å²) < 4.78 is 7.04. The van der Waals surface area contributed by atoms with Gasteiger partial charge < -0.3 is 20.7 Å². The molecule has 8 heteroatoms. The maximum Gasteiger partial charge on any atom is 0.268 e. The average Bonchev–Trinajstić information content (AvgIpc) is 3.29. The molecular formula is C15H23N5O3. The number of hydrogen-bond acceptors (Lipinski definition) is 6. The molecule has 0 aromatic carbocycles. The molecule has 8 nitrogen and oxygen atoms in total. The summed E-state index contributed by atoms with van der Waals surface area (Å²) in [6.07, 6.45) is 3.96. The van der Waals surface area contributed by atoms with E-state index in [0.717, 1.165) is 31.5 Å². The van der Waals surface area contributed by atoms with Gasteiger partial charge in [0.05, 0.1) is 30.1 Å². The van der Waals surface area contributed by atoms with E-state index in [-0.39, 0.29) is 17.6 Å². The minimum absolute atomic E-state index is 0.0148. The van der Waals surface area contributed by atoms with Gasteiger partial charge in [0.15, 0.2) is 0 Å². The molecule has 2 fully saturated rings. The van der Waals surface area contributed by atoms with Crippen LogP contribution in [0.4, 0.5) is 5.69 Å². The lowest BCUT2D eigenvalue weighted by Gasteiger charge is -2.34. The summed E-state index contributed by atoms with van der Waals surface area (Å²) in [7, 11) is 1.63. The lowest BCUT2D eigenvalue weighted by molar-refractivity contribution is -0.123. The van der Waals surface area contributed by atoms with Gasteiger partial charge in [-0.25, -0.2) is 4.68 Å². The molecule has 2 aliphatic rings. The van der Waals surface area contributed by atoms with Crippen molar-refractivity contribution in [2.45, 2.75) is 30.9 Å². The molecule has 1 aliphatic heterocycles. The molecule has 1 aliphatic carbocycles. The molecule has 1 saturated carbocycles.